The first-order chi connectivity index (χ1) is 12.9. The van der Waals surface area contributed by atoms with Crippen LogP contribution in [0.4, 0.5) is 11.8 Å². The smallest absolute Gasteiger partial charge is 0.228 e. The lowest BCUT2D eigenvalue weighted by Gasteiger charge is -2.31. The van der Waals surface area contributed by atoms with Crippen LogP contribution < -0.4 is 9.80 Å². The average Bonchev–Trinajstić information content (AvgIpc) is 2.74. The van der Waals surface area contributed by atoms with Gasteiger partial charge in [-0.15, -0.1) is 0 Å². The van der Waals surface area contributed by atoms with Gasteiger partial charge in [0.05, 0.1) is 32.1 Å². The standard InChI is InChI=1S/C17H19N7O2/c18-9-14-15(13-10-19-12-20-11-13)21-17(24-3-7-26-8-4-24)22-16(14)23-1-5-25-6-2-23/h10-12H,1-8H2. The number of aromatic nitrogens is 4. The van der Waals surface area contributed by atoms with E-state index < -0.39 is 0 Å². The summed E-state index contributed by atoms with van der Waals surface area (Å²) in [5, 5.41) is 9.83. The molecule has 2 aromatic rings. The van der Waals surface area contributed by atoms with Gasteiger partial charge in [-0.1, -0.05) is 0 Å². The Morgan fingerprint density at radius 3 is 2.12 bits per heavy atom. The van der Waals surface area contributed by atoms with Crippen molar-refractivity contribution in [3.8, 4) is 17.3 Å². The molecule has 0 bridgehead atoms. The Bertz CT molecular complexity index is 797. The minimum Gasteiger partial charge on any atom is -0.378 e. The lowest BCUT2D eigenvalue weighted by molar-refractivity contribution is 0.121. The predicted molar refractivity (Wildman–Crippen MR) is 93.8 cm³/mol. The fraction of sp³-hybridized carbons (Fsp3) is 0.471. The third-order valence-corrected chi connectivity index (χ3v) is 4.43. The number of ether oxygens (including phenoxy) is 2. The summed E-state index contributed by atoms with van der Waals surface area (Å²) in [4.78, 5) is 21.8. The molecule has 0 atom stereocenters. The van der Waals surface area contributed by atoms with Crippen LogP contribution in [-0.4, -0.2) is 72.5 Å². The summed E-state index contributed by atoms with van der Waals surface area (Å²) in [6, 6.07) is 2.28. The zero-order valence-electron chi connectivity index (χ0n) is 14.3. The molecular weight excluding hydrogens is 334 g/mol. The third kappa shape index (κ3) is 3.29. The van der Waals surface area contributed by atoms with Crippen molar-refractivity contribution in [2.75, 3.05) is 62.4 Å². The Labute approximate surface area is 151 Å². The van der Waals surface area contributed by atoms with E-state index in [1.54, 1.807) is 12.4 Å². The Morgan fingerprint density at radius 1 is 0.885 bits per heavy atom. The number of morpholine rings is 2. The molecule has 0 saturated carbocycles. The number of hydrogen-bond acceptors (Lipinski definition) is 9. The Kier molecular flexibility index (Phi) is 4.86. The van der Waals surface area contributed by atoms with E-state index in [0.29, 0.717) is 68.1 Å². The van der Waals surface area contributed by atoms with Crippen molar-refractivity contribution in [1.29, 1.82) is 5.26 Å². The molecule has 0 radical (unpaired) electrons. The Hall–Kier alpha value is -2.83. The van der Waals surface area contributed by atoms with E-state index >= 15 is 0 Å². The number of nitrogens with zero attached hydrogens (tertiary/aromatic N) is 7. The summed E-state index contributed by atoms with van der Waals surface area (Å²) in [5.74, 6) is 1.25. The fourth-order valence-electron chi connectivity index (χ4n) is 3.08. The van der Waals surface area contributed by atoms with E-state index in [4.69, 9.17) is 19.4 Å². The molecule has 9 nitrogen and oxygen atoms in total. The lowest BCUT2D eigenvalue weighted by atomic mass is 10.1. The van der Waals surface area contributed by atoms with E-state index in [1.807, 2.05) is 0 Å². The van der Waals surface area contributed by atoms with Gasteiger partial charge in [0.1, 0.15) is 18.0 Å². The lowest BCUT2D eigenvalue weighted by Crippen LogP contribution is -2.40. The average molecular weight is 353 g/mol. The van der Waals surface area contributed by atoms with Crippen LogP contribution >= 0.6 is 0 Å². The zero-order chi connectivity index (χ0) is 17.8. The van der Waals surface area contributed by atoms with E-state index in [2.05, 4.69) is 25.8 Å². The first-order valence-electron chi connectivity index (χ1n) is 8.60. The second kappa shape index (κ2) is 7.59. The van der Waals surface area contributed by atoms with Crippen LogP contribution in [0.15, 0.2) is 18.7 Å². The molecular formula is C17H19N7O2. The van der Waals surface area contributed by atoms with E-state index in [9.17, 15) is 5.26 Å². The molecule has 0 amide bonds. The summed E-state index contributed by atoms with van der Waals surface area (Å²) < 4.78 is 10.9. The maximum Gasteiger partial charge on any atom is 0.228 e. The van der Waals surface area contributed by atoms with Gasteiger partial charge in [-0.05, 0) is 0 Å². The molecule has 9 heteroatoms. The normalized spacial score (nSPS) is 17.8. The van der Waals surface area contributed by atoms with Crippen molar-refractivity contribution < 1.29 is 9.47 Å². The van der Waals surface area contributed by atoms with Gasteiger partial charge in [0.2, 0.25) is 5.95 Å². The molecule has 2 aliphatic rings. The van der Waals surface area contributed by atoms with Gasteiger partial charge in [0.15, 0.2) is 5.82 Å². The topological polar surface area (TPSA) is 100 Å². The third-order valence-electron chi connectivity index (χ3n) is 4.43. The summed E-state index contributed by atoms with van der Waals surface area (Å²) >= 11 is 0. The summed E-state index contributed by atoms with van der Waals surface area (Å²) in [5.41, 5.74) is 1.71. The van der Waals surface area contributed by atoms with Crippen LogP contribution in [0.25, 0.3) is 11.3 Å². The molecule has 134 valence electrons. The first-order valence-corrected chi connectivity index (χ1v) is 8.60. The summed E-state index contributed by atoms with van der Waals surface area (Å²) in [7, 11) is 0. The van der Waals surface area contributed by atoms with E-state index in [-0.39, 0.29) is 0 Å². The van der Waals surface area contributed by atoms with E-state index in [0.717, 1.165) is 13.1 Å². The first kappa shape index (κ1) is 16.6. The predicted octanol–water partition coefficient (Wildman–Crippen LogP) is 0.478. The van der Waals surface area contributed by atoms with Gasteiger partial charge >= 0.3 is 0 Å². The molecule has 26 heavy (non-hydrogen) atoms. The molecule has 0 N–H and O–H groups in total. The van der Waals surface area contributed by atoms with Crippen LogP contribution in [0, 0.1) is 11.3 Å². The summed E-state index contributed by atoms with van der Waals surface area (Å²) in [6.45, 7) is 5.34. The molecule has 2 fully saturated rings. The quantitative estimate of drug-likeness (QED) is 0.779. The van der Waals surface area contributed by atoms with Crippen LogP contribution in [0.1, 0.15) is 5.56 Å². The minimum atomic E-state index is 0.443. The maximum atomic E-state index is 9.83. The molecule has 2 aromatic heterocycles. The SMILES string of the molecule is N#Cc1c(-c2cncnc2)nc(N2CCOCC2)nc1N1CCOCC1. The van der Waals surface area contributed by atoms with Crippen molar-refractivity contribution in [2.24, 2.45) is 0 Å². The van der Waals surface area contributed by atoms with Gasteiger partial charge < -0.3 is 19.3 Å². The Balaban J connectivity index is 1.84. The highest BCUT2D eigenvalue weighted by Gasteiger charge is 2.25. The number of rotatable bonds is 3. The number of nitriles is 1. The highest BCUT2D eigenvalue weighted by Crippen LogP contribution is 2.30. The molecule has 0 aliphatic carbocycles. The molecule has 0 unspecified atom stereocenters. The number of anilines is 2. The summed E-state index contributed by atoms with van der Waals surface area (Å²) in [6.07, 6.45) is 4.80. The van der Waals surface area contributed by atoms with Crippen LogP contribution in [0.2, 0.25) is 0 Å². The van der Waals surface area contributed by atoms with Crippen LogP contribution in [0.3, 0.4) is 0 Å². The van der Waals surface area contributed by atoms with Crippen molar-refractivity contribution in [2.45, 2.75) is 0 Å². The van der Waals surface area contributed by atoms with Gasteiger partial charge in [0, 0.05) is 44.1 Å². The van der Waals surface area contributed by atoms with Crippen molar-refractivity contribution in [3.05, 3.63) is 24.3 Å². The van der Waals surface area contributed by atoms with Gasteiger partial charge in [-0.25, -0.2) is 15.0 Å². The van der Waals surface area contributed by atoms with Crippen LogP contribution in [0.5, 0.6) is 0 Å². The Morgan fingerprint density at radius 2 is 1.50 bits per heavy atom. The molecule has 0 spiro atoms. The van der Waals surface area contributed by atoms with E-state index in [1.165, 1.54) is 6.33 Å². The maximum absolute atomic E-state index is 9.83. The largest absolute Gasteiger partial charge is 0.378 e. The molecule has 4 heterocycles. The zero-order valence-corrected chi connectivity index (χ0v) is 14.3. The monoisotopic (exact) mass is 353 g/mol. The highest BCUT2D eigenvalue weighted by molar-refractivity contribution is 5.74. The molecule has 4 rings (SSSR count). The molecule has 2 aliphatic heterocycles. The minimum absolute atomic E-state index is 0.443. The van der Waals surface area contributed by atoms with Crippen molar-refractivity contribution in [1.82, 2.24) is 19.9 Å². The van der Waals surface area contributed by atoms with Gasteiger partial charge in [0.25, 0.3) is 0 Å². The fourth-order valence-corrected chi connectivity index (χ4v) is 3.08. The second-order valence-electron chi connectivity index (χ2n) is 6.01. The molecule has 2 saturated heterocycles. The number of hydrogen-bond donors (Lipinski definition) is 0. The van der Waals surface area contributed by atoms with Crippen molar-refractivity contribution in [3.63, 3.8) is 0 Å². The van der Waals surface area contributed by atoms with Gasteiger partial charge in [-0.3, -0.25) is 0 Å². The second-order valence-corrected chi connectivity index (χ2v) is 6.01. The van der Waals surface area contributed by atoms with Crippen LogP contribution in [-0.2, 0) is 9.47 Å². The van der Waals surface area contributed by atoms with Crippen molar-refractivity contribution >= 4 is 11.8 Å². The van der Waals surface area contributed by atoms with Gasteiger partial charge in [-0.2, -0.15) is 10.2 Å². The highest BCUT2D eigenvalue weighted by atomic mass is 16.5. The molecule has 0 aromatic carbocycles.